The molecule has 0 amide bonds. The molecule has 0 spiro atoms. The summed E-state index contributed by atoms with van der Waals surface area (Å²) in [4.78, 5) is 0. The van der Waals surface area contributed by atoms with Crippen molar-refractivity contribution in [1.29, 1.82) is 0 Å². The van der Waals surface area contributed by atoms with E-state index in [-0.39, 0.29) is 12.4 Å². The summed E-state index contributed by atoms with van der Waals surface area (Å²) in [7, 11) is 0. The Morgan fingerprint density at radius 3 is 2.75 bits per heavy atom. The molecule has 2 atom stereocenters. The van der Waals surface area contributed by atoms with E-state index in [4.69, 9.17) is 9.47 Å². The van der Waals surface area contributed by atoms with E-state index in [0.717, 1.165) is 18.6 Å². The van der Waals surface area contributed by atoms with Crippen LogP contribution in [0.5, 0.6) is 0 Å². The Morgan fingerprint density at radius 2 is 2.00 bits per heavy atom. The van der Waals surface area contributed by atoms with Crippen LogP contribution in [0.4, 0.5) is 0 Å². The quantitative estimate of drug-likeness (QED) is 0.720. The summed E-state index contributed by atoms with van der Waals surface area (Å²) in [6.45, 7) is 0. The Bertz CT molecular complexity index is 383. The van der Waals surface area contributed by atoms with Crippen molar-refractivity contribution in [3.63, 3.8) is 0 Å². The van der Waals surface area contributed by atoms with Gasteiger partial charge >= 0.3 is 0 Å². The highest BCUT2D eigenvalue weighted by Gasteiger charge is 2.42. The lowest BCUT2D eigenvalue weighted by Crippen LogP contribution is -2.01. The normalized spacial score (nSPS) is 28.4. The molecular weight excluding hydrogens is 200 g/mol. The highest BCUT2D eigenvalue weighted by atomic mass is 16.8. The molecule has 0 bridgehead atoms. The van der Waals surface area contributed by atoms with E-state index in [9.17, 15) is 0 Å². The lowest BCUT2D eigenvalue weighted by molar-refractivity contribution is 0.0971. The molecule has 2 nitrogen and oxygen atoms in total. The lowest BCUT2D eigenvalue weighted by Gasteiger charge is -2.12. The Kier molecular flexibility index (Phi) is 2.66. The molecule has 1 heterocycles. The molecule has 1 aliphatic heterocycles. The Hall–Kier alpha value is -1.28. The summed E-state index contributed by atoms with van der Waals surface area (Å²) in [5.41, 5.74) is 1.21. The molecule has 2 unspecified atom stereocenters. The molecular formula is C14H16O2. The van der Waals surface area contributed by atoms with Crippen LogP contribution < -0.4 is 0 Å². The molecule has 2 aliphatic rings. The molecule has 84 valence electrons. The predicted octanol–water partition coefficient (Wildman–Crippen LogP) is 3.56. The zero-order valence-electron chi connectivity index (χ0n) is 9.26. The topological polar surface area (TPSA) is 21.8 Å². The van der Waals surface area contributed by atoms with Gasteiger partial charge in [-0.1, -0.05) is 30.3 Å². The van der Waals surface area contributed by atoms with Gasteiger partial charge in [0.25, 0.3) is 0 Å². The first kappa shape index (κ1) is 9.91. The van der Waals surface area contributed by atoms with E-state index in [0.29, 0.717) is 0 Å². The molecule has 0 saturated carbocycles. The summed E-state index contributed by atoms with van der Waals surface area (Å²) in [6.07, 6.45) is 7.05. The molecule has 1 saturated heterocycles. The smallest absolute Gasteiger partial charge is 0.231 e. The van der Waals surface area contributed by atoms with Crippen molar-refractivity contribution in [3.8, 4) is 0 Å². The van der Waals surface area contributed by atoms with E-state index in [1.54, 1.807) is 0 Å². The van der Waals surface area contributed by atoms with Gasteiger partial charge in [0.15, 0.2) is 0 Å². The minimum atomic E-state index is -0.0493. The van der Waals surface area contributed by atoms with Crippen molar-refractivity contribution in [2.75, 3.05) is 0 Å². The largest absolute Gasteiger partial charge is 0.466 e. The Morgan fingerprint density at radius 1 is 1.12 bits per heavy atom. The molecule has 1 aromatic rings. The van der Waals surface area contributed by atoms with Gasteiger partial charge < -0.3 is 9.47 Å². The average molecular weight is 216 g/mol. The summed E-state index contributed by atoms with van der Waals surface area (Å²) in [5.74, 6) is 1.12. The summed E-state index contributed by atoms with van der Waals surface area (Å²) in [5, 5.41) is 0. The maximum Gasteiger partial charge on any atom is 0.231 e. The van der Waals surface area contributed by atoms with Crippen molar-refractivity contribution >= 4 is 0 Å². The predicted molar refractivity (Wildman–Crippen MR) is 61.7 cm³/mol. The van der Waals surface area contributed by atoms with Gasteiger partial charge in [0, 0.05) is 6.42 Å². The Balaban J connectivity index is 1.58. The third kappa shape index (κ3) is 2.12. The van der Waals surface area contributed by atoms with Crippen LogP contribution in [0.3, 0.4) is 0 Å². The van der Waals surface area contributed by atoms with Crippen molar-refractivity contribution in [1.82, 2.24) is 0 Å². The number of ether oxygens (including phenoxy) is 2. The minimum Gasteiger partial charge on any atom is -0.466 e. The number of rotatable bonds is 3. The molecule has 0 N–H and O–H groups in total. The van der Waals surface area contributed by atoms with E-state index >= 15 is 0 Å². The van der Waals surface area contributed by atoms with Crippen LogP contribution in [0.1, 0.15) is 37.4 Å². The van der Waals surface area contributed by atoms with Crippen LogP contribution in [0.25, 0.3) is 0 Å². The van der Waals surface area contributed by atoms with Gasteiger partial charge in [0.05, 0.1) is 5.76 Å². The van der Waals surface area contributed by atoms with Crippen molar-refractivity contribution in [2.24, 2.45) is 0 Å². The summed E-state index contributed by atoms with van der Waals surface area (Å²) in [6, 6.07) is 10.3. The van der Waals surface area contributed by atoms with Crippen molar-refractivity contribution < 1.29 is 9.47 Å². The van der Waals surface area contributed by atoms with Crippen LogP contribution in [-0.2, 0) is 9.47 Å². The second-order valence-electron chi connectivity index (χ2n) is 4.37. The van der Waals surface area contributed by atoms with Gasteiger partial charge in [0.2, 0.25) is 6.29 Å². The molecule has 1 fully saturated rings. The third-order valence-electron chi connectivity index (χ3n) is 3.10. The third-order valence-corrected chi connectivity index (χ3v) is 3.10. The van der Waals surface area contributed by atoms with Gasteiger partial charge in [-0.3, -0.25) is 0 Å². The monoisotopic (exact) mass is 216 g/mol. The second-order valence-corrected chi connectivity index (χ2v) is 4.37. The standard InChI is InChI=1S/C14H16O2/c1-3-7-11(8-4-1)13-14(16-13)15-12-9-5-2-6-10-12/h1,3-4,7-9,13-14H,2,5-6,10H2. The number of hydrogen-bond acceptors (Lipinski definition) is 2. The van der Waals surface area contributed by atoms with E-state index in [1.165, 1.54) is 18.4 Å². The fourth-order valence-corrected chi connectivity index (χ4v) is 2.13. The lowest BCUT2D eigenvalue weighted by atomic mass is 10.1. The first-order valence-corrected chi connectivity index (χ1v) is 5.99. The zero-order chi connectivity index (χ0) is 10.8. The van der Waals surface area contributed by atoms with E-state index in [2.05, 4.69) is 18.2 Å². The van der Waals surface area contributed by atoms with Crippen LogP contribution in [-0.4, -0.2) is 6.29 Å². The molecule has 1 aromatic carbocycles. The van der Waals surface area contributed by atoms with Crippen molar-refractivity contribution in [2.45, 2.75) is 38.1 Å². The van der Waals surface area contributed by atoms with Gasteiger partial charge in [-0.15, -0.1) is 0 Å². The molecule has 0 radical (unpaired) electrons. The maximum atomic E-state index is 5.81. The van der Waals surface area contributed by atoms with Crippen LogP contribution in [0.15, 0.2) is 42.2 Å². The van der Waals surface area contributed by atoms with Gasteiger partial charge in [-0.05, 0) is 30.9 Å². The van der Waals surface area contributed by atoms with Gasteiger partial charge in [-0.2, -0.15) is 0 Å². The van der Waals surface area contributed by atoms with Crippen LogP contribution in [0, 0.1) is 0 Å². The number of allylic oxidation sites excluding steroid dienone is 2. The zero-order valence-corrected chi connectivity index (χ0v) is 9.26. The highest BCUT2D eigenvalue weighted by molar-refractivity contribution is 5.21. The minimum absolute atomic E-state index is 0.0493. The number of hydrogen-bond donors (Lipinski definition) is 0. The number of epoxide rings is 1. The molecule has 0 aromatic heterocycles. The second kappa shape index (κ2) is 4.30. The number of benzene rings is 1. The maximum absolute atomic E-state index is 5.81. The van der Waals surface area contributed by atoms with Gasteiger partial charge in [-0.25, -0.2) is 0 Å². The van der Waals surface area contributed by atoms with Crippen LogP contribution in [0.2, 0.25) is 0 Å². The molecule has 16 heavy (non-hydrogen) atoms. The first-order chi connectivity index (χ1) is 7.93. The summed E-state index contributed by atoms with van der Waals surface area (Å²) < 4.78 is 11.4. The average Bonchev–Trinajstić information content (AvgIpc) is 3.11. The van der Waals surface area contributed by atoms with Crippen molar-refractivity contribution in [3.05, 3.63) is 47.7 Å². The Labute approximate surface area is 95.9 Å². The van der Waals surface area contributed by atoms with E-state index < -0.39 is 0 Å². The fourth-order valence-electron chi connectivity index (χ4n) is 2.13. The SMILES string of the molecule is C1=C(OC2OC2c2ccccc2)CCCC1. The van der Waals surface area contributed by atoms with Crippen LogP contribution >= 0.6 is 0 Å². The fraction of sp³-hybridized carbons (Fsp3) is 0.429. The molecule has 1 aliphatic carbocycles. The first-order valence-electron chi connectivity index (χ1n) is 5.99. The molecule has 3 rings (SSSR count). The summed E-state index contributed by atoms with van der Waals surface area (Å²) >= 11 is 0. The molecule has 2 heteroatoms. The van der Waals surface area contributed by atoms with Gasteiger partial charge in [0.1, 0.15) is 6.10 Å². The highest BCUT2D eigenvalue weighted by Crippen LogP contribution is 2.41. The van der Waals surface area contributed by atoms with E-state index in [1.807, 2.05) is 18.2 Å².